The molecule has 72 valence electrons. The monoisotopic (exact) mass is 178 g/mol. The molecular formula is C12H18O. The summed E-state index contributed by atoms with van der Waals surface area (Å²) in [6, 6.07) is 0. The lowest BCUT2D eigenvalue weighted by atomic mass is 9.70. The van der Waals surface area contributed by atoms with Crippen LogP contribution in [0, 0.1) is 23.7 Å². The molecule has 6 atom stereocenters. The van der Waals surface area contributed by atoms with Gasteiger partial charge in [0.1, 0.15) is 0 Å². The first-order valence-electron chi connectivity index (χ1n) is 6.07. The van der Waals surface area contributed by atoms with Crippen molar-refractivity contribution in [3.05, 3.63) is 0 Å². The summed E-state index contributed by atoms with van der Waals surface area (Å²) in [5.74, 6) is 4.29. The van der Waals surface area contributed by atoms with Crippen LogP contribution in [0.3, 0.4) is 0 Å². The summed E-state index contributed by atoms with van der Waals surface area (Å²) in [7, 11) is 0. The Labute approximate surface area is 79.8 Å². The van der Waals surface area contributed by atoms with Gasteiger partial charge in [0.15, 0.2) is 0 Å². The van der Waals surface area contributed by atoms with Crippen molar-refractivity contribution in [1.29, 1.82) is 0 Å². The number of rotatable bonds is 0. The van der Waals surface area contributed by atoms with Crippen LogP contribution in [-0.2, 0) is 4.74 Å². The molecule has 4 aliphatic rings. The first kappa shape index (κ1) is 7.28. The molecule has 0 aromatic rings. The van der Waals surface area contributed by atoms with Crippen LogP contribution in [0.25, 0.3) is 0 Å². The minimum Gasteiger partial charge on any atom is -0.369 e. The maximum atomic E-state index is 5.67. The number of ether oxygens (including phenoxy) is 1. The Morgan fingerprint density at radius 1 is 0.846 bits per heavy atom. The summed E-state index contributed by atoms with van der Waals surface area (Å²) in [5, 5.41) is 0. The molecule has 6 unspecified atom stereocenters. The van der Waals surface area contributed by atoms with Crippen molar-refractivity contribution in [2.75, 3.05) is 0 Å². The average Bonchev–Trinajstić information content (AvgIpc) is 2.62. The lowest BCUT2D eigenvalue weighted by Crippen LogP contribution is -2.29. The van der Waals surface area contributed by atoms with Gasteiger partial charge in [-0.05, 0) is 42.9 Å². The van der Waals surface area contributed by atoms with E-state index in [9.17, 15) is 0 Å². The van der Waals surface area contributed by atoms with E-state index >= 15 is 0 Å². The molecule has 0 aromatic heterocycles. The van der Waals surface area contributed by atoms with Gasteiger partial charge < -0.3 is 4.74 Å². The summed E-state index contributed by atoms with van der Waals surface area (Å²) in [4.78, 5) is 0. The number of epoxide rings is 1. The van der Waals surface area contributed by atoms with E-state index in [2.05, 4.69) is 0 Å². The van der Waals surface area contributed by atoms with Gasteiger partial charge in [0.25, 0.3) is 0 Å². The number of hydrogen-bond donors (Lipinski definition) is 0. The van der Waals surface area contributed by atoms with E-state index in [-0.39, 0.29) is 0 Å². The van der Waals surface area contributed by atoms with Crippen molar-refractivity contribution in [2.45, 2.75) is 50.7 Å². The molecule has 0 N–H and O–H groups in total. The van der Waals surface area contributed by atoms with Crippen molar-refractivity contribution in [2.24, 2.45) is 23.7 Å². The topological polar surface area (TPSA) is 12.5 Å². The van der Waals surface area contributed by atoms with Crippen LogP contribution >= 0.6 is 0 Å². The van der Waals surface area contributed by atoms with Crippen molar-refractivity contribution in [3.63, 3.8) is 0 Å². The molecule has 1 nitrogen and oxygen atoms in total. The molecule has 3 aliphatic carbocycles. The zero-order chi connectivity index (χ0) is 8.41. The maximum Gasteiger partial charge on any atom is 0.0872 e. The highest BCUT2D eigenvalue weighted by Gasteiger charge is 2.58. The summed E-state index contributed by atoms with van der Waals surface area (Å²) < 4.78 is 5.67. The third kappa shape index (κ3) is 0.918. The Morgan fingerprint density at radius 2 is 1.69 bits per heavy atom. The van der Waals surface area contributed by atoms with E-state index in [1.54, 1.807) is 12.8 Å². The van der Waals surface area contributed by atoms with Gasteiger partial charge in [0.05, 0.1) is 12.2 Å². The quantitative estimate of drug-likeness (QED) is 0.519. The molecule has 0 amide bonds. The molecule has 4 rings (SSSR count). The predicted octanol–water partition coefficient (Wildman–Crippen LogP) is 2.60. The summed E-state index contributed by atoms with van der Waals surface area (Å²) in [6.45, 7) is 0. The van der Waals surface area contributed by atoms with Crippen LogP contribution in [0.2, 0.25) is 0 Å². The van der Waals surface area contributed by atoms with Gasteiger partial charge in [0.2, 0.25) is 0 Å². The molecule has 13 heavy (non-hydrogen) atoms. The Bertz CT molecular complexity index is 237. The standard InChI is InChI=1S/C12H18O/c1-2-7-4-9-6-11-12(13-11)10(9)5-8(7)3-1/h7-12H,1-6H2. The first-order chi connectivity index (χ1) is 6.42. The van der Waals surface area contributed by atoms with Crippen LogP contribution < -0.4 is 0 Å². The van der Waals surface area contributed by atoms with Crippen molar-refractivity contribution < 1.29 is 4.74 Å². The molecule has 1 heteroatoms. The molecule has 0 aromatic carbocycles. The Morgan fingerprint density at radius 3 is 2.62 bits per heavy atom. The Hall–Kier alpha value is -0.0400. The normalized spacial score (nSPS) is 62.8. The van der Waals surface area contributed by atoms with Crippen LogP contribution in [0.1, 0.15) is 38.5 Å². The number of hydrogen-bond acceptors (Lipinski definition) is 1. The van der Waals surface area contributed by atoms with Crippen molar-refractivity contribution in [1.82, 2.24) is 0 Å². The zero-order valence-electron chi connectivity index (χ0n) is 8.11. The SMILES string of the molecule is C1CC2CC3CC4OC4C3CC2C1. The molecular weight excluding hydrogens is 160 g/mol. The van der Waals surface area contributed by atoms with E-state index in [1.165, 1.54) is 25.7 Å². The highest BCUT2D eigenvalue weighted by Crippen LogP contribution is 2.58. The first-order valence-corrected chi connectivity index (χ1v) is 6.07. The van der Waals surface area contributed by atoms with E-state index < -0.39 is 0 Å². The highest BCUT2D eigenvalue weighted by atomic mass is 16.6. The van der Waals surface area contributed by atoms with Gasteiger partial charge in [-0.2, -0.15) is 0 Å². The molecule has 1 aliphatic heterocycles. The van der Waals surface area contributed by atoms with E-state index in [0.717, 1.165) is 29.8 Å². The second kappa shape index (κ2) is 2.31. The van der Waals surface area contributed by atoms with Gasteiger partial charge in [-0.15, -0.1) is 0 Å². The fourth-order valence-electron chi connectivity index (χ4n) is 4.53. The van der Waals surface area contributed by atoms with Gasteiger partial charge in [-0.25, -0.2) is 0 Å². The minimum absolute atomic E-state index is 0.717. The summed E-state index contributed by atoms with van der Waals surface area (Å²) in [6.07, 6.45) is 10.5. The fraction of sp³-hybridized carbons (Fsp3) is 1.00. The van der Waals surface area contributed by atoms with Gasteiger partial charge >= 0.3 is 0 Å². The second-order valence-corrected chi connectivity index (χ2v) is 5.72. The summed E-state index contributed by atoms with van der Waals surface area (Å²) in [5.41, 5.74) is 0. The average molecular weight is 178 g/mol. The van der Waals surface area contributed by atoms with Gasteiger partial charge in [-0.1, -0.05) is 19.3 Å². The molecule has 0 spiro atoms. The minimum atomic E-state index is 0.717. The van der Waals surface area contributed by atoms with Gasteiger partial charge in [0, 0.05) is 0 Å². The van der Waals surface area contributed by atoms with Crippen LogP contribution in [-0.4, -0.2) is 12.2 Å². The Kier molecular flexibility index (Phi) is 1.29. The van der Waals surface area contributed by atoms with Crippen LogP contribution in [0.5, 0.6) is 0 Å². The molecule has 4 fully saturated rings. The lowest BCUT2D eigenvalue weighted by molar-refractivity contribution is 0.0944. The molecule has 0 radical (unpaired) electrons. The molecule has 0 bridgehead atoms. The molecule has 1 heterocycles. The predicted molar refractivity (Wildman–Crippen MR) is 50.3 cm³/mol. The fourth-order valence-corrected chi connectivity index (χ4v) is 4.53. The number of fused-ring (bicyclic) bond motifs is 4. The van der Waals surface area contributed by atoms with Crippen molar-refractivity contribution in [3.8, 4) is 0 Å². The summed E-state index contributed by atoms with van der Waals surface area (Å²) >= 11 is 0. The second-order valence-electron chi connectivity index (χ2n) is 5.72. The Balaban J connectivity index is 1.59. The largest absolute Gasteiger partial charge is 0.369 e. The molecule has 3 saturated carbocycles. The third-order valence-corrected chi connectivity index (χ3v) is 5.18. The van der Waals surface area contributed by atoms with E-state index in [0.29, 0.717) is 6.10 Å². The van der Waals surface area contributed by atoms with E-state index in [4.69, 9.17) is 4.74 Å². The smallest absolute Gasteiger partial charge is 0.0872 e. The lowest BCUT2D eigenvalue weighted by Gasteiger charge is -2.35. The zero-order valence-corrected chi connectivity index (χ0v) is 8.11. The van der Waals surface area contributed by atoms with Crippen LogP contribution in [0.15, 0.2) is 0 Å². The van der Waals surface area contributed by atoms with E-state index in [1.807, 2.05) is 0 Å². The van der Waals surface area contributed by atoms with Crippen LogP contribution in [0.4, 0.5) is 0 Å². The van der Waals surface area contributed by atoms with Gasteiger partial charge in [-0.3, -0.25) is 0 Å². The highest BCUT2D eigenvalue weighted by molar-refractivity contribution is 5.06. The molecule has 1 saturated heterocycles. The van der Waals surface area contributed by atoms with Crippen molar-refractivity contribution >= 4 is 0 Å². The maximum absolute atomic E-state index is 5.67. The third-order valence-electron chi connectivity index (χ3n) is 5.18.